The van der Waals surface area contributed by atoms with Gasteiger partial charge in [-0.25, -0.2) is 4.18 Å². The molecule has 336 valence electrons. The van der Waals surface area contributed by atoms with Crippen LogP contribution >= 0.6 is 0 Å². The fourth-order valence-corrected chi connectivity index (χ4v) is 7.49. The molecule has 0 radical (unpaired) electrons. The first kappa shape index (κ1) is 53.6. The van der Waals surface area contributed by atoms with Crippen molar-refractivity contribution < 1.29 is 57.0 Å². The lowest BCUT2D eigenvalue weighted by Crippen LogP contribution is -2.61. The minimum atomic E-state index is -5.11. The molecule has 0 spiro atoms. The number of unbranched alkanes of at least 4 members (excludes halogenated alkanes) is 22. The minimum Gasteiger partial charge on any atom is -0.394 e. The van der Waals surface area contributed by atoms with Crippen LogP contribution in [0.1, 0.15) is 181 Å². The second-order valence-electron chi connectivity index (χ2n) is 15.8. The van der Waals surface area contributed by atoms with E-state index in [-0.39, 0.29) is 6.42 Å². The van der Waals surface area contributed by atoms with E-state index in [0.29, 0.717) is 12.8 Å². The Bertz CT molecular complexity index is 1140. The zero-order chi connectivity index (χ0) is 42.2. The summed E-state index contributed by atoms with van der Waals surface area (Å²) in [5.41, 5.74) is 0. The van der Waals surface area contributed by atoms with Crippen LogP contribution < -0.4 is 5.32 Å². The number of nitrogens with one attached hydrogen (secondary N) is 1. The molecular formula is C43H81NO12S. The highest BCUT2D eigenvalue weighted by atomic mass is 32.3. The van der Waals surface area contributed by atoms with Gasteiger partial charge in [-0.3, -0.25) is 9.35 Å². The van der Waals surface area contributed by atoms with Crippen LogP contribution in [0.3, 0.4) is 0 Å². The third-order valence-electron chi connectivity index (χ3n) is 10.6. The zero-order valence-electron chi connectivity index (χ0n) is 35.3. The first-order chi connectivity index (χ1) is 27.4. The van der Waals surface area contributed by atoms with E-state index < -0.39 is 78.5 Å². The molecule has 0 bridgehead atoms. The molecule has 0 aromatic heterocycles. The van der Waals surface area contributed by atoms with Crippen molar-refractivity contribution in [2.24, 2.45) is 0 Å². The second-order valence-corrected chi connectivity index (χ2v) is 16.8. The van der Waals surface area contributed by atoms with E-state index in [1.807, 2.05) is 0 Å². The van der Waals surface area contributed by atoms with Crippen molar-refractivity contribution in [2.45, 2.75) is 230 Å². The fourth-order valence-electron chi connectivity index (χ4n) is 6.98. The summed E-state index contributed by atoms with van der Waals surface area (Å²) in [7, 11) is -5.11. The van der Waals surface area contributed by atoms with Gasteiger partial charge in [0.25, 0.3) is 0 Å². The van der Waals surface area contributed by atoms with Gasteiger partial charge in [-0.2, -0.15) is 8.42 Å². The number of rotatable bonds is 37. The van der Waals surface area contributed by atoms with Crippen molar-refractivity contribution in [3.05, 3.63) is 24.3 Å². The van der Waals surface area contributed by atoms with Gasteiger partial charge in [-0.15, -0.1) is 0 Å². The van der Waals surface area contributed by atoms with Crippen molar-refractivity contribution >= 4 is 16.3 Å². The van der Waals surface area contributed by atoms with Crippen LogP contribution in [-0.4, -0.2) is 107 Å². The number of hydrogen-bond acceptors (Lipinski definition) is 11. The van der Waals surface area contributed by atoms with Crippen LogP contribution in [0.15, 0.2) is 24.3 Å². The van der Waals surface area contributed by atoms with E-state index in [1.165, 1.54) is 89.5 Å². The molecule has 1 fully saturated rings. The van der Waals surface area contributed by atoms with Gasteiger partial charge in [-0.1, -0.05) is 160 Å². The molecule has 1 aliphatic rings. The van der Waals surface area contributed by atoms with E-state index in [1.54, 1.807) is 6.08 Å². The average Bonchev–Trinajstić information content (AvgIpc) is 3.18. The van der Waals surface area contributed by atoms with Gasteiger partial charge in [-0.05, 0) is 44.9 Å². The van der Waals surface area contributed by atoms with E-state index in [9.17, 15) is 38.7 Å². The molecule has 14 heteroatoms. The summed E-state index contributed by atoms with van der Waals surface area (Å²) in [4.78, 5) is 13.0. The Morgan fingerprint density at radius 1 is 0.702 bits per heavy atom. The van der Waals surface area contributed by atoms with Gasteiger partial charge in [0, 0.05) is 0 Å². The monoisotopic (exact) mass is 836 g/mol. The molecule has 0 aromatic rings. The topological polar surface area (TPSA) is 212 Å². The Labute approximate surface area is 345 Å². The number of carbonyl (C=O) groups excluding carboxylic acids is 1. The number of ether oxygens (including phenoxy) is 2. The summed E-state index contributed by atoms with van der Waals surface area (Å²) < 4.78 is 47.3. The smallest absolute Gasteiger partial charge is 0.394 e. The molecule has 8 atom stereocenters. The molecular weight excluding hydrogens is 755 g/mol. The first-order valence-corrected chi connectivity index (χ1v) is 23.7. The Kier molecular flexibility index (Phi) is 32.2. The molecule has 1 rings (SSSR count). The Morgan fingerprint density at radius 3 is 1.63 bits per heavy atom. The summed E-state index contributed by atoms with van der Waals surface area (Å²) >= 11 is 0. The summed E-state index contributed by atoms with van der Waals surface area (Å²) in [5.74, 6) is -0.710. The molecule has 1 saturated heterocycles. The highest BCUT2D eigenvalue weighted by molar-refractivity contribution is 7.80. The molecule has 7 N–H and O–H groups in total. The SMILES string of the molecule is CCCCCCCC/C=C/C(O)C(COC1OC(CO)C(O)C(OS(=O)(=O)O)C1O)NC(=O)C(O)CCCCCCCC/C=C\CCCCCCCCCCCC. The molecule has 57 heavy (non-hydrogen) atoms. The minimum absolute atomic E-state index is 0.236. The molecule has 13 nitrogen and oxygen atoms in total. The Balaban J connectivity index is 2.49. The van der Waals surface area contributed by atoms with Crippen molar-refractivity contribution in [2.75, 3.05) is 13.2 Å². The van der Waals surface area contributed by atoms with Crippen molar-refractivity contribution in [1.29, 1.82) is 0 Å². The third-order valence-corrected chi connectivity index (χ3v) is 11.0. The van der Waals surface area contributed by atoms with Crippen LogP contribution in [0, 0.1) is 0 Å². The normalized spacial score (nSPS) is 22.0. The third kappa shape index (κ3) is 27.1. The molecule has 1 aliphatic heterocycles. The van der Waals surface area contributed by atoms with Crippen LogP contribution in [0.4, 0.5) is 0 Å². The quantitative estimate of drug-likeness (QED) is 0.0189. The number of aliphatic hydroxyl groups is 5. The Hall–Kier alpha value is -1.46. The van der Waals surface area contributed by atoms with Gasteiger partial charge >= 0.3 is 10.4 Å². The van der Waals surface area contributed by atoms with Crippen LogP contribution in [0.2, 0.25) is 0 Å². The van der Waals surface area contributed by atoms with Gasteiger partial charge < -0.3 is 40.3 Å². The summed E-state index contributed by atoms with van der Waals surface area (Å²) in [5, 5.41) is 54.9. The largest absolute Gasteiger partial charge is 0.397 e. The number of hydrogen-bond donors (Lipinski definition) is 7. The number of carbonyl (C=O) groups is 1. The predicted octanol–water partition coefficient (Wildman–Crippen LogP) is 7.13. The number of amides is 1. The summed E-state index contributed by atoms with van der Waals surface area (Å²) in [6, 6.07) is -1.12. The van der Waals surface area contributed by atoms with Gasteiger partial charge in [0.1, 0.15) is 30.5 Å². The van der Waals surface area contributed by atoms with E-state index in [2.05, 4.69) is 35.5 Å². The number of allylic oxidation sites excluding steroid dienone is 3. The molecule has 0 aliphatic carbocycles. The number of aliphatic hydroxyl groups excluding tert-OH is 5. The zero-order valence-corrected chi connectivity index (χ0v) is 36.1. The Morgan fingerprint density at radius 2 is 1.16 bits per heavy atom. The average molecular weight is 836 g/mol. The van der Waals surface area contributed by atoms with Crippen molar-refractivity contribution in [1.82, 2.24) is 5.32 Å². The maximum atomic E-state index is 13.0. The van der Waals surface area contributed by atoms with E-state index >= 15 is 0 Å². The summed E-state index contributed by atoms with van der Waals surface area (Å²) in [6.07, 6.45) is 25.8. The van der Waals surface area contributed by atoms with Crippen molar-refractivity contribution in [3.63, 3.8) is 0 Å². The first-order valence-electron chi connectivity index (χ1n) is 22.3. The maximum Gasteiger partial charge on any atom is 0.397 e. The maximum absolute atomic E-state index is 13.0. The molecule has 0 aromatic carbocycles. The van der Waals surface area contributed by atoms with E-state index in [4.69, 9.17) is 14.0 Å². The predicted molar refractivity (Wildman–Crippen MR) is 224 cm³/mol. The standard InChI is InChI=1S/C43H81NO12S/c1-3-5-7-9-11-13-14-15-16-17-18-19-20-21-22-23-24-26-28-30-32-37(47)42(50)44-35(36(46)31-29-27-25-12-10-8-6-4-2)34-54-43-40(49)41(56-57(51,52)53)39(48)38(33-45)55-43/h19-20,29,31,35-41,43,45-49H,3-18,21-28,30,32-34H2,1-2H3,(H,44,50)(H,51,52,53)/b20-19-,31-29+. The molecule has 1 amide bonds. The van der Waals surface area contributed by atoms with Gasteiger partial charge in [0.05, 0.1) is 25.4 Å². The lowest BCUT2D eigenvalue weighted by Gasteiger charge is -2.41. The van der Waals surface area contributed by atoms with Crippen molar-refractivity contribution in [3.8, 4) is 0 Å². The van der Waals surface area contributed by atoms with Gasteiger partial charge in [0.15, 0.2) is 6.29 Å². The molecule has 0 saturated carbocycles. The lowest BCUT2D eigenvalue weighted by atomic mass is 9.99. The lowest BCUT2D eigenvalue weighted by molar-refractivity contribution is -0.298. The van der Waals surface area contributed by atoms with Crippen LogP contribution in [0.5, 0.6) is 0 Å². The molecule has 1 heterocycles. The van der Waals surface area contributed by atoms with Crippen LogP contribution in [0.25, 0.3) is 0 Å². The highest BCUT2D eigenvalue weighted by Crippen LogP contribution is 2.26. The fraction of sp³-hybridized carbons (Fsp3) is 0.884. The van der Waals surface area contributed by atoms with Gasteiger partial charge in [0.2, 0.25) is 5.91 Å². The molecule has 8 unspecified atom stereocenters. The second kappa shape index (κ2) is 34.3. The van der Waals surface area contributed by atoms with E-state index in [0.717, 1.165) is 64.2 Å². The summed E-state index contributed by atoms with van der Waals surface area (Å²) in [6.45, 7) is 3.15. The van der Waals surface area contributed by atoms with Crippen LogP contribution in [-0.2, 0) is 28.9 Å². The highest BCUT2D eigenvalue weighted by Gasteiger charge is 2.48.